The van der Waals surface area contributed by atoms with Gasteiger partial charge in [0.05, 0.1) is 25.3 Å². The van der Waals surface area contributed by atoms with Crippen molar-refractivity contribution in [2.45, 2.75) is 11.8 Å². The quantitative estimate of drug-likeness (QED) is 0.614. The van der Waals surface area contributed by atoms with Crippen LogP contribution in [0.25, 0.3) is 10.8 Å². The highest BCUT2D eigenvalue weighted by molar-refractivity contribution is 8.16. The molecule has 1 atom stereocenters. The van der Waals surface area contributed by atoms with Crippen LogP contribution < -0.4 is 14.9 Å². The fraction of sp³-hybridized carbons (Fsp3) is 0.208. The molecule has 7 nitrogen and oxygen atoms in total. The Morgan fingerprint density at radius 1 is 1.03 bits per heavy atom. The van der Waals surface area contributed by atoms with Crippen molar-refractivity contribution in [3.63, 3.8) is 0 Å². The average molecular weight is 448 g/mol. The lowest BCUT2D eigenvalue weighted by atomic mass is 9.92. The maximum Gasteiger partial charge on any atom is 0.272 e. The molecule has 8 heteroatoms. The van der Waals surface area contributed by atoms with Crippen LogP contribution in [0.1, 0.15) is 28.4 Å². The molecule has 3 aromatic carbocycles. The molecule has 1 spiro atoms. The third kappa shape index (κ3) is 2.79. The smallest absolute Gasteiger partial charge is 0.272 e. The van der Waals surface area contributed by atoms with Gasteiger partial charge in [-0.15, -0.1) is 0 Å². The average Bonchev–Trinajstić information content (AvgIpc) is 3.28. The zero-order valence-corrected chi connectivity index (χ0v) is 18.7. The predicted octanol–water partition coefficient (Wildman–Crippen LogP) is 3.71. The number of ether oxygens (including phenoxy) is 2. The number of nitrogens with one attached hydrogen (secondary N) is 1. The number of methoxy groups -OCH3 is 2. The molecule has 5 rings (SSSR count). The Morgan fingerprint density at radius 2 is 1.81 bits per heavy atom. The molecule has 0 saturated heterocycles. The summed E-state index contributed by atoms with van der Waals surface area (Å²) >= 11 is 1.29. The number of carbonyl (C=O) groups excluding carboxylic acids is 2. The van der Waals surface area contributed by atoms with E-state index in [2.05, 4.69) is 10.5 Å². The maximum absolute atomic E-state index is 13.7. The minimum absolute atomic E-state index is 0.240. The number of likely N-dealkylation sites (N-methyl/N-ethyl adjacent to an activating group) is 1. The Labute approximate surface area is 189 Å². The second-order valence-electron chi connectivity index (χ2n) is 7.45. The molecule has 0 aliphatic carbocycles. The summed E-state index contributed by atoms with van der Waals surface area (Å²) < 4.78 is 11.0. The van der Waals surface area contributed by atoms with Crippen LogP contribution in [0.3, 0.4) is 0 Å². The molecule has 32 heavy (non-hydrogen) atoms. The number of thioether (sulfide) groups is 1. The van der Waals surface area contributed by atoms with Gasteiger partial charge in [-0.05, 0) is 23.8 Å². The van der Waals surface area contributed by atoms with Gasteiger partial charge < -0.3 is 9.47 Å². The minimum Gasteiger partial charge on any atom is -0.497 e. The summed E-state index contributed by atoms with van der Waals surface area (Å²) in [6.07, 6.45) is 0. The Kier molecular flexibility index (Phi) is 4.82. The normalized spacial score (nSPS) is 19.7. The van der Waals surface area contributed by atoms with Gasteiger partial charge in [-0.25, -0.2) is 0 Å². The molecule has 0 unspecified atom stereocenters. The van der Waals surface area contributed by atoms with Gasteiger partial charge in [0, 0.05) is 18.2 Å². The van der Waals surface area contributed by atoms with Crippen molar-refractivity contribution >= 4 is 39.4 Å². The molecule has 0 bridgehead atoms. The molecule has 0 radical (unpaired) electrons. The fourth-order valence-corrected chi connectivity index (χ4v) is 5.54. The standard InChI is InChI=1S/C24H21N3O4S/c1-4-27-22(28)18-12-15(30-2)13-19(31-3)20(18)24(23(27)29)26-25-21(32-24)17-11-7-9-14-8-5-6-10-16(14)17/h5-13,26H,4H2,1-3H3/t24-/m0/s1. The van der Waals surface area contributed by atoms with Crippen LogP contribution in [0.15, 0.2) is 59.7 Å². The largest absolute Gasteiger partial charge is 0.497 e. The number of nitrogens with zero attached hydrogens (tertiary/aromatic N) is 2. The first-order chi connectivity index (χ1) is 15.5. The monoisotopic (exact) mass is 447 g/mol. The van der Waals surface area contributed by atoms with Gasteiger partial charge in [0.15, 0.2) is 0 Å². The molecule has 162 valence electrons. The molecule has 2 aliphatic rings. The predicted molar refractivity (Wildman–Crippen MR) is 124 cm³/mol. The lowest BCUT2D eigenvalue weighted by Gasteiger charge is -2.38. The van der Waals surface area contributed by atoms with Crippen molar-refractivity contribution < 1.29 is 19.1 Å². The van der Waals surface area contributed by atoms with E-state index in [0.29, 0.717) is 27.7 Å². The fourth-order valence-electron chi connectivity index (χ4n) is 4.27. The molecule has 2 heterocycles. The first-order valence-electron chi connectivity index (χ1n) is 10.2. The number of hydrogen-bond acceptors (Lipinski definition) is 7. The van der Waals surface area contributed by atoms with Crippen LogP contribution in [-0.4, -0.2) is 42.5 Å². The molecule has 0 fully saturated rings. The van der Waals surface area contributed by atoms with E-state index < -0.39 is 4.87 Å². The van der Waals surface area contributed by atoms with Crippen LogP contribution >= 0.6 is 11.8 Å². The Bertz CT molecular complexity index is 1300. The summed E-state index contributed by atoms with van der Waals surface area (Å²) in [6, 6.07) is 17.3. The second-order valence-corrected chi connectivity index (χ2v) is 8.65. The Balaban J connectivity index is 1.69. The molecule has 2 amide bonds. The number of benzene rings is 3. The van der Waals surface area contributed by atoms with E-state index in [1.807, 2.05) is 42.5 Å². The summed E-state index contributed by atoms with van der Waals surface area (Å²) in [6.45, 7) is 2.02. The van der Waals surface area contributed by atoms with Gasteiger partial charge in [-0.3, -0.25) is 19.9 Å². The van der Waals surface area contributed by atoms with Gasteiger partial charge in [-0.1, -0.05) is 54.2 Å². The topological polar surface area (TPSA) is 80.2 Å². The van der Waals surface area contributed by atoms with Crippen LogP contribution in [0.2, 0.25) is 0 Å². The molecule has 0 aromatic heterocycles. The van der Waals surface area contributed by atoms with Crippen molar-refractivity contribution in [2.75, 3.05) is 20.8 Å². The van der Waals surface area contributed by atoms with E-state index in [9.17, 15) is 9.59 Å². The van der Waals surface area contributed by atoms with E-state index in [4.69, 9.17) is 9.47 Å². The number of carbonyl (C=O) groups is 2. The van der Waals surface area contributed by atoms with Gasteiger partial charge in [0.1, 0.15) is 16.5 Å². The van der Waals surface area contributed by atoms with Crippen molar-refractivity contribution in [1.82, 2.24) is 10.3 Å². The van der Waals surface area contributed by atoms with E-state index >= 15 is 0 Å². The maximum atomic E-state index is 13.7. The third-order valence-electron chi connectivity index (χ3n) is 5.81. The van der Waals surface area contributed by atoms with Crippen molar-refractivity contribution in [1.29, 1.82) is 0 Å². The molecule has 0 saturated carbocycles. The number of hydrazone groups is 1. The van der Waals surface area contributed by atoms with E-state index in [1.54, 1.807) is 19.1 Å². The summed E-state index contributed by atoms with van der Waals surface area (Å²) in [4.78, 5) is 26.8. The summed E-state index contributed by atoms with van der Waals surface area (Å²) in [5, 5.41) is 7.37. The molecule has 2 aliphatic heterocycles. The molecular weight excluding hydrogens is 426 g/mol. The van der Waals surface area contributed by atoms with Crippen molar-refractivity contribution in [2.24, 2.45) is 5.10 Å². The van der Waals surface area contributed by atoms with Crippen molar-refractivity contribution in [3.05, 3.63) is 71.3 Å². The molecular formula is C24H21N3O4S. The number of fused-ring (bicyclic) bond motifs is 3. The summed E-state index contributed by atoms with van der Waals surface area (Å²) in [5.74, 6) is 0.125. The number of hydrogen-bond donors (Lipinski definition) is 1. The number of amides is 2. The van der Waals surface area contributed by atoms with Gasteiger partial charge in [0.2, 0.25) is 4.87 Å². The van der Waals surface area contributed by atoms with E-state index in [-0.39, 0.29) is 18.4 Å². The minimum atomic E-state index is -1.32. The number of rotatable bonds is 4. The first kappa shape index (κ1) is 20.4. The van der Waals surface area contributed by atoms with Gasteiger partial charge in [-0.2, -0.15) is 5.10 Å². The molecule has 1 N–H and O–H groups in total. The first-order valence-corrected chi connectivity index (χ1v) is 11.0. The van der Waals surface area contributed by atoms with Gasteiger partial charge >= 0.3 is 0 Å². The highest BCUT2D eigenvalue weighted by Gasteiger charge is 2.56. The lowest BCUT2D eigenvalue weighted by molar-refractivity contribution is -0.132. The highest BCUT2D eigenvalue weighted by atomic mass is 32.2. The van der Waals surface area contributed by atoms with Crippen LogP contribution in [0, 0.1) is 0 Å². The summed E-state index contributed by atoms with van der Waals surface area (Å²) in [5.41, 5.74) is 4.81. The van der Waals surface area contributed by atoms with Crippen LogP contribution in [0.4, 0.5) is 0 Å². The highest BCUT2D eigenvalue weighted by Crippen LogP contribution is 2.51. The lowest BCUT2D eigenvalue weighted by Crippen LogP contribution is -2.57. The van der Waals surface area contributed by atoms with Crippen molar-refractivity contribution in [3.8, 4) is 11.5 Å². The number of imide groups is 1. The Morgan fingerprint density at radius 3 is 2.56 bits per heavy atom. The van der Waals surface area contributed by atoms with E-state index in [0.717, 1.165) is 16.3 Å². The van der Waals surface area contributed by atoms with Crippen LogP contribution in [-0.2, 0) is 9.67 Å². The third-order valence-corrected chi connectivity index (χ3v) is 7.09. The second kappa shape index (κ2) is 7.56. The molecule has 3 aromatic rings. The zero-order valence-electron chi connectivity index (χ0n) is 17.8. The van der Waals surface area contributed by atoms with Gasteiger partial charge in [0.25, 0.3) is 11.8 Å². The Hall–Kier alpha value is -3.52. The van der Waals surface area contributed by atoms with E-state index in [1.165, 1.54) is 30.9 Å². The SMILES string of the molecule is CCN1C(=O)c2cc(OC)cc(OC)c2[C@@]2(NN=C(c3cccc4ccccc34)S2)C1=O. The summed E-state index contributed by atoms with van der Waals surface area (Å²) in [7, 11) is 3.03. The van der Waals surface area contributed by atoms with Crippen LogP contribution in [0.5, 0.6) is 11.5 Å². The zero-order chi connectivity index (χ0) is 22.5.